The van der Waals surface area contributed by atoms with Gasteiger partial charge in [0.15, 0.2) is 0 Å². The van der Waals surface area contributed by atoms with E-state index in [4.69, 9.17) is 0 Å². The lowest BCUT2D eigenvalue weighted by Crippen LogP contribution is -2.05. The number of benzene rings is 1. The summed E-state index contributed by atoms with van der Waals surface area (Å²) >= 11 is 2.00. The van der Waals surface area contributed by atoms with Crippen LogP contribution in [0.15, 0.2) is 24.3 Å². The molecule has 0 unspecified atom stereocenters. The molecule has 0 fully saturated rings. The summed E-state index contributed by atoms with van der Waals surface area (Å²) in [4.78, 5) is 11.8. The number of carbonyl (C=O) groups is 1. The van der Waals surface area contributed by atoms with E-state index in [-0.39, 0.29) is 0 Å². The predicted octanol–water partition coefficient (Wildman–Crippen LogP) is 2.92. The maximum Gasteiger partial charge on any atom is 0.401 e. The lowest BCUT2D eigenvalue weighted by Gasteiger charge is -2.12. The average molecular weight is 340 g/mol. The van der Waals surface area contributed by atoms with Gasteiger partial charge in [-0.1, -0.05) is 12.1 Å². The van der Waals surface area contributed by atoms with Gasteiger partial charge in [-0.2, -0.15) is 0 Å². The van der Waals surface area contributed by atoms with Crippen LogP contribution >= 0.6 is 30.2 Å². The second-order valence-corrected chi connectivity index (χ2v) is 5.94. The maximum atomic E-state index is 11.8. The average Bonchev–Trinajstić information content (AvgIpc) is 2.28. The van der Waals surface area contributed by atoms with E-state index in [1.54, 1.807) is 24.3 Å². The molecule has 1 aromatic carbocycles. The van der Waals surface area contributed by atoms with E-state index >= 15 is 0 Å². The molecule has 82 valence electrons. The van der Waals surface area contributed by atoms with Gasteiger partial charge in [0.05, 0.1) is 0 Å². The minimum atomic E-state index is -3.66. The fraction of sp³-hybridized carbons (Fsp3) is 0.222. The summed E-state index contributed by atoms with van der Waals surface area (Å²) in [7, 11) is -1.28. The van der Waals surface area contributed by atoms with Crippen LogP contribution in [0, 0.1) is 3.57 Å². The molecule has 0 saturated heterocycles. The highest BCUT2D eigenvalue weighted by Gasteiger charge is 2.34. The first kappa shape index (κ1) is 12.8. The summed E-state index contributed by atoms with van der Waals surface area (Å²) in [6.07, 6.45) is 0. The zero-order valence-electron chi connectivity index (χ0n) is 8.27. The smallest absolute Gasteiger partial charge is 0.306 e. The highest BCUT2D eigenvalue weighted by molar-refractivity contribution is 14.1. The molecule has 0 aromatic heterocycles. The van der Waals surface area contributed by atoms with Crippen LogP contribution in [0.1, 0.15) is 10.4 Å². The van der Waals surface area contributed by atoms with Crippen molar-refractivity contribution in [2.75, 3.05) is 14.2 Å². The van der Waals surface area contributed by atoms with Crippen molar-refractivity contribution in [2.45, 2.75) is 0 Å². The molecular weight excluding hydrogens is 330 g/mol. The Morgan fingerprint density at radius 3 is 2.27 bits per heavy atom. The van der Waals surface area contributed by atoms with Crippen LogP contribution in [0.3, 0.4) is 0 Å². The molecule has 0 atom stereocenters. The first-order chi connectivity index (χ1) is 7.05. The summed E-state index contributed by atoms with van der Waals surface area (Å²) in [5.74, 6) is 0. The van der Waals surface area contributed by atoms with Crippen molar-refractivity contribution >= 4 is 35.7 Å². The molecule has 0 radical (unpaired) electrons. The van der Waals surface area contributed by atoms with Crippen LogP contribution < -0.4 is 0 Å². The molecule has 4 nitrogen and oxygen atoms in total. The zero-order chi connectivity index (χ0) is 11.5. The third-order valence-electron chi connectivity index (χ3n) is 1.83. The summed E-state index contributed by atoms with van der Waals surface area (Å²) in [6.45, 7) is 0. The van der Waals surface area contributed by atoms with Gasteiger partial charge >= 0.3 is 7.60 Å². The molecule has 0 bridgehead atoms. The molecule has 0 heterocycles. The Hall–Kier alpha value is -0.230. The van der Waals surface area contributed by atoms with Gasteiger partial charge in [-0.05, 0) is 34.7 Å². The van der Waals surface area contributed by atoms with Gasteiger partial charge in [0, 0.05) is 23.4 Å². The Morgan fingerprint density at radius 2 is 1.80 bits per heavy atom. The van der Waals surface area contributed by atoms with Crippen LogP contribution in [0.4, 0.5) is 0 Å². The van der Waals surface area contributed by atoms with Gasteiger partial charge in [0.2, 0.25) is 0 Å². The Balaban J connectivity index is 3.15. The minimum Gasteiger partial charge on any atom is -0.306 e. The summed E-state index contributed by atoms with van der Waals surface area (Å²) < 4.78 is 21.8. The minimum absolute atomic E-state index is 0.352. The maximum absolute atomic E-state index is 11.8. The number of hydrogen-bond donors (Lipinski definition) is 0. The molecular formula is C9H10IO4P. The van der Waals surface area contributed by atoms with E-state index in [1.807, 2.05) is 22.6 Å². The SMILES string of the molecule is COP(=O)(OC)C(=O)c1ccccc1I. The van der Waals surface area contributed by atoms with E-state index < -0.39 is 13.1 Å². The third kappa shape index (κ3) is 2.66. The highest BCUT2D eigenvalue weighted by atomic mass is 127. The van der Waals surface area contributed by atoms with Gasteiger partial charge in [-0.15, -0.1) is 0 Å². The third-order valence-corrected chi connectivity index (χ3v) is 4.47. The molecule has 0 N–H and O–H groups in total. The van der Waals surface area contributed by atoms with Gasteiger partial charge in [0.25, 0.3) is 5.52 Å². The molecule has 0 aliphatic carbocycles. The van der Waals surface area contributed by atoms with Crippen molar-refractivity contribution in [3.8, 4) is 0 Å². The number of rotatable bonds is 4. The van der Waals surface area contributed by atoms with Crippen molar-refractivity contribution in [1.82, 2.24) is 0 Å². The van der Waals surface area contributed by atoms with Crippen LogP contribution in [-0.2, 0) is 13.6 Å². The Morgan fingerprint density at radius 1 is 1.27 bits per heavy atom. The van der Waals surface area contributed by atoms with Gasteiger partial charge in [0.1, 0.15) is 0 Å². The van der Waals surface area contributed by atoms with E-state index in [9.17, 15) is 9.36 Å². The van der Waals surface area contributed by atoms with Crippen molar-refractivity contribution in [3.63, 3.8) is 0 Å². The molecule has 0 aliphatic heterocycles. The topological polar surface area (TPSA) is 52.6 Å². The predicted molar refractivity (Wildman–Crippen MR) is 65.1 cm³/mol. The Labute approximate surface area is 102 Å². The van der Waals surface area contributed by atoms with Crippen LogP contribution in [0.2, 0.25) is 0 Å². The van der Waals surface area contributed by atoms with E-state index in [0.29, 0.717) is 5.56 Å². The molecule has 0 saturated carbocycles. The van der Waals surface area contributed by atoms with Crippen molar-refractivity contribution < 1.29 is 18.4 Å². The van der Waals surface area contributed by atoms with Crippen molar-refractivity contribution in [2.24, 2.45) is 0 Å². The molecule has 1 rings (SSSR count). The summed E-state index contributed by atoms with van der Waals surface area (Å²) in [6, 6.07) is 6.84. The largest absolute Gasteiger partial charge is 0.401 e. The number of carbonyl (C=O) groups excluding carboxylic acids is 1. The molecule has 0 amide bonds. The lowest BCUT2D eigenvalue weighted by atomic mass is 10.2. The quantitative estimate of drug-likeness (QED) is 0.625. The van der Waals surface area contributed by atoms with Crippen LogP contribution in [0.5, 0.6) is 0 Å². The van der Waals surface area contributed by atoms with E-state index in [0.717, 1.165) is 3.57 Å². The monoisotopic (exact) mass is 340 g/mol. The van der Waals surface area contributed by atoms with E-state index in [1.165, 1.54) is 14.2 Å². The first-order valence-electron chi connectivity index (χ1n) is 4.06. The number of hydrogen-bond acceptors (Lipinski definition) is 4. The fourth-order valence-electron chi connectivity index (χ4n) is 1.02. The summed E-state index contributed by atoms with van der Waals surface area (Å²) in [5, 5.41) is 0. The Kier molecular flexibility index (Phi) is 4.45. The highest BCUT2D eigenvalue weighted by Crippen LogP contribution is 2.49. The summed E-state index contributed by atoms with van der Waals surface area (Å²) in [5.41, 5.74) is -0.261. The van der Waals surface area contributed by atoms with E-state index in [2.05, 4.69) is 9.05 Å². The Bertz CT molecular complexity index is 410. The van der Waals surface area contributed by atoms with Crippen LogP contribution in [-0.4, -0.2) is 19.7 Å². The normalized spacial score (nSPS) is 11.4. The van der Waals surface area contributed by atoms with Gasteiger partial charge < -0.3 is 9.05 Å². The molecule has 15 heavy (non-hydrogen) atoms. The van der Waals surface area contributed by atoms with Crippen molar-refractivity contribution in [1.29, 1.82) is 0 Å². The zero-order valence-corrected chi connectivity index (χ0v) is 11.3. The standard InChI is InChI=1S/C9H10IO4P/c1-13-15(12,14-2)9(11)7-5-3-4-6-8(7)10/h3-6H,1-2H3. The molecule has 0 aliphatic rings. The van der Waals surface area contributed by atoms with Gasteiger partial charge in [-0.25, -0.2) is 0 Å². The van der Waals surface area contributed by atoms with Crippen molar-refractivity contribution in [3.05, 3.63) is 33.4 Å². The molecule has 1 aromatic rings. The van der Waals surface area contributed by atoms with Crippen LogP contribution in [0.25, 0.3) is 0 Å². The second kappa shape index (κ2) is 5.21. The fourth-order valence-corrected chi connectivity index (χ4v) is 2.84. The lowest BCUT2D eigenvalue weighted by molar-refractivity contribution is 0.102. The first-order valence-corrected chi connectivity index (χ1v) is 6.68. The molecule has 6 heteroatoms. The molecule has 0 spiro atoms. The second-order valence-electron chi connectivity index (χ2n) is 2.65. The van der Waals surface area contributed by atoms with Gasteiger partial charge in [-0.3, -0.25) is 9.36 Å². The number of halogens is 1.